The van der Waals surface area contributed by atoms with Crippen molar-refractivity contribution in [2.24, 2.45) is 16.7 Å². The number of hydrogen-bond acceptors (Lipinski definition) is 0. The van der Waals surface area contributed by atoms with E-state index < -0.39 is 0 Å². The van der Waals surface area contributed by atoms with Crippen LogP contribution in [0.25, 0.3) is 11.1 Å². The zero-order valence-electron chi connectivity index (χ0n) is 23.8. The molecule has 0 saturated carbocycles. The molecule has 2 aliphatic rings. The molecule has 2 aromatic rings. The van der Waals surface area contributed by atoms with E-state index in [0.29, 0.717) is 11.8 Å². The predicted octanol–water partition coefficient (Wildman–Crippen LogP) is 9.97. The second-order valence-electron chi connectivity index (χ2n) is 14.5. The molecule has 0 heteroatoms. The topological polar surface area (TPSA) is 0 Å². The van der Waals surface area contributed by atoms with Crippen LogP contribution < -0.4 is 0 Å². The first-order valence-electron chi connectivity index (χ1n) is 13.2. The van der Waals surface area contributed by atoms with Gasteiger partial charge >= 0.3 is 0 Å². The summed E-state index contributed by atoms with van der Waals surface area (Å²) in [5, 5.41) is 0. The molecule has 0 fully saturated rings. The van der Waals surface area contributed by atoms with Crippen LogP contribution in [-0.4, -0.2) is 0 Å². The second-order valence-corrected chi connectivity index (χ2v) is 14.5. The highest BCUT2D eigenvalue weighted by Gasteiger charge is 2.44. The Hall–Kier alpha value is -2.08. The molecule has 1 unspecified atom stereocenters. The molecule has 2 aromatic carbocycles. The van der Waals surface area contributed by atoms with E-state index in [-0.39, 0.29) is 21.7 Å². The van der Waals surface area contributed by atoms with Crippen LogP contribution in [0.1, 0.15) is 111 Å². The van der Waals surface area contributed by atoms with E-state index in [0.717, 1.165) is 0 Å². The smallest absolute Gasteiger partial charge is 0.0190 e. The third kappa shape index (κ3) is 4.12. The quantitative estimate of drug-likeness (QED) is 0.423. The zero-order chi connectivity index (χ0) is 25.4. The molecule has 1 atom stereocenters. The van der Waals surface area contributed by atoms with Gasteiger partial charge in [0.05, 0.1) is 0 Å². The molecule has 0 aliphatic heterocycles. The maximum Gasteiger partial charge on any atom is 0.0190 e. The molecule has 0 radical (unpaired) electrons. The van der Waals surface area contributed by atoms with Crippen molar-refractivity contribution in [3.8, 4) is 11.1 Å². The average Bonchev–Trinajstić information content (AvgIpc) is 3.24. The van der Waals surface area contributed by atoms with Crippen molar-refractivity contribution in [3.05, 3.63) is 82.0 Å². The van der Waals surface area contributed by atoms with Crippen molar-refractivity contribution in [3.63, 3.8) is 0 Å². The van der Waals surface area contributed by atoms with Crippen LogP contribution >= 0.6 is 0 Å². The van der Waals surface area contributed by atoms with Crippen LogP contribution in [-0.2, 0) is 10.8 Å². The lowest BCUT2D eigenvalue weighted by atomic mass is 9.66. The molecular weight excluding hydrogens is 408 g/mol. The van der Waals surface area contributed by atoms with E-state index in [1.165, 1.54) is 39.0 Å². The van der Waals surface area contributed by atoms with Crippen molar-refractivity contribution >= 4 is 0 Å². The minimum Gasteiger partial charge on any atom is -0.0738 e. The highest BCUT2D eigenvalue weighted by atomic mass is 14.5. The molecule has 0 heterocycles. The van der Waals surface area contributed by atoms with Crippen molar-refractivity contribution in [2.75, 3.05) is 0 Å². The SMILES string of the molecule is CC1C=C(C(C)(C)C)C=C1C(C)(C)C1c2ccc(C(C)(C)C)cc2-c2cc(C(C)(C)C)ccc21. The van der Waals surface area contributed by atoms with Crippen LogP contribution in [0, 0.1) is 16.7 Å². The summed E-state index contributed by atoms with van der Waals surface area (Å²) in [4.78, 5) is 0. The van der Waals surface area contributed by atoms with Crippen molar-refractivity contribution in [1.82, 2.24) is 0 Å². The molecule has 0 spiro atoms. The average molecular weight is 455 g/mol. The summed E-state index contributed by atoms with van der Waals surface area (Å²) in [6, 6.07) is 14.6. The van der Waals surface area contributed by atoms with Gasteiger partial charge in [-0.25, -0.2) is 0 Å². The third-order valence-corrected chi connectivity index (χ3v) is 8.31. The van der Waals surface area contributed by atoms with Gasteiger partial charge in [-0.1, -0.05) is 137 Å². The van der Waals surface area contributed by atoms with Gasteiger partial charge in [0.2, 0.25) is 0 Å². The summed E-state index contributed by atoms with van der Waals surface area (Å²) in [5.41, 5.74) is 12.3. The molecule has 0 amide bonds. The summed E-state index contributed by atoms with van der Waals surface area (Å²) in [6.07, 6.45) is 5.02. The molecule has 0 nitrogen and oxygen atoms in total. The summed E-state index contributed by atoms with van der Waals surface area (Å²) in [7, 11) is 0. The van der Waals surface area contributed by atoms with Crippen molar-refractivity contribution in [1.29, 1.82) is 0 Å². The fourth-order valence-corrected chi connectivity index (χ4v) is 6.07. The lowest BCUT2D eigenvalue weighted by Crippen LogP contribution is -2.26. The predicted molar refractivity (Wildman–Crippen MR) is 150 cm³/mol. The molecule has 0 bridgehead atoms. The van der Waals surface area contributed by atoms with Crippen LogP contribution in [0.3, 0.4) is 0 Å². The molecule has 0 aromatic heterocycles. The molecule has 4 rings (SSSR count). The van der Waals surface area contributed by atoms with E-state index in [1.54, 1.807) is 5.57 Å². The van der Waals surface area contributed by atoms with Gasteiger partial charge in [-0.2, -0.15) is 0 Å². The Kier molecular flexibility index (Phi) is 5.67. The van der Waals surface area contributed by atoms with E-state index >= 15 is 0 Å². The van der Waals surface area contributed by atoms with E-state index in [4.69, 9.17) is 0 Å². The summed E-state index contributed by atoms with van der Waals surface area (Å²) >= 11 is 0. The largest absolute Gasteiger partial charge is 0.0738 e. The lowest BCUT2D eigenvalue weighted by molar-refractivity contribution is 0.369. The van der Waals surface area contributed by atoms with Crippen molar-refractivity contribution in [2.45, 2.75) is 99.8 Å². The first-order valence-corrected chi connectivity index (χ1v) is 13.2. The minimum absolute atomic E-state index is 0.0232. The third-order valence-electron chi connectivity index (χ3n) is 8.31. The molecule has 2 aliphatic carbocycles. The Morgan fingerprint density at radius 2 is 1.03 bits per heavy atom. The summed E-state index contributed by atoms with van der Waals surface area (Å²) in [6.45, 7) is 28.3. The van der Waals surface area contributed by atoms with Gasteiger partial charge in [-0.05, 0) is 66.5 Å². The maximum absolute atomic E-state index is 2.52. The fourth-order valence-electron chi connectivity index (χ4n) is 6.07. The standard InChI is InChI=1S/C34H46/c1-21-17-24(33(8,9)10)20-29(21)34(11,12)30-25-15-13-22(31(2,3)4)18-27(25)28-19-23(32(5,6)7)14-16-26(28)30/h13-21,30H,1-12H3. The van der Waals surface area contributed by atoms with Gasteiger partial charge in [0.1, 0.15) is 0 Å². The highest BCUT2D eigenvalue weighted by molar-refractivity contribution is 5.81. The van der Waals surface area contributed by atoms with Gasteiger partial charge in [0.25, 0.3) is 0 Å². The number of benzene rings is 2. The van der Waals surface area contributed by atoms with Gasteiger partial charge in [-0.3, -0.25) is 0 Å². The van der Waals surface area contributed by atoms with E-state index in [1.807, 2.05) is 0 Å². The van der Waals surface area contributed by atoms with Crippen LogP contribution in [0.15, 0.2) is 59.7 Å². The summed E-state index contributed by atoms with van der Waals surface area (Å²) in [5.74, 6) is 0.835. The minimum atomic E-state index is 0.0232. The van der Waals surface area contributed by atoms with E-state index in [2.05, 4.69) is 132 Å². The van der Waals surface area contributed by atoms with Crippen LogP contribution in [0.4, 0.5) is 0 Å². The summed E-state index contributed by atoms with van der Waals surface area (Å²) < 4.78 is 0. The van der Waals surface area contributed by atoms with Gasteiger partial charge in [0, 0.05) is 5.92 Å². The normalized spacial score (nSPS) is 19.1. The number of hydrogen-bond donors (Lipinski definition) is 0. The highest BCUT2D eigenvalue weighted by Crippen LogP contribution is 2.58. The monoisotopic (exact) mass is 454 g/mol. The number of fused-ring (bicyclic) bond motifs is 3. The van der Waals surface area contributed by atoms with Crippen molar-refractivity contribution < 1.29 is 0 Å². The molecule has 0 saturated heterocycles. The molecule has 0 N–H and O–H groups in total. The fraction of sp³-hybridized carbons (Fsp3) is 0.529. The number of allylic oxidation sites excluding steroid dienone is 4. The van der Waals surface area contributed by atoms with E-state index in [9.17, 15) is 0 Å². The Morgan fingerprint density at radius 3 is 1.38 bits per heavy atom. The Bertz CT molecular complexity index is 1110. The first-order chi connectivity index (χ1) is 15.4. The Labute approximate surface area is 209 Å². The van der Waals surface area contributed by atoms with Gasteiger partial charge in [-0.15, -0.1) is 0 Å². The number of rotatable bonds is 2. The second kappa shape index (κ2) is 7.71. The van der Waals surface area contributed by atoms with Crippen LogP contribution in [0.5, 0.6) is 0 Å². The molecule has 34 heavy (non-hydrogen) atoms. The van der Waals surface area contributed by atoms with Crippen LogP contribution in [0.2, 0.25) is 0 Å². The first kappa shape index (κ1) is 25.0. The maximum atomic E-state index is 2.52. The Balaban J connectivity index is 1.92. The molecular formula is C34H46. The Morgan fingerprint density at radius 1 is 0.588 bits per heavy atom. The lowest BCUT2D eigenvalue weighted by Gasteiger charge is -2.37. The molecule has 182 valence electrons. The van der Waals surface area contributed by atoms with Gasteiger partial charge < -0.3 is 0 Å². The zero-order valence-corrected chi connectivity index (χ0v) is 23.8. The van der Waals surface area contributed by atoms with Gasteiger partial charge in [0.15, 0.2) is 0 Å².